The van der Waals surface area contributed by atoms with E-state index in [0.717, 1.165) is 64.5 Å². The summed E-state index contributed by atoms with van der Waals surface area (Å²) in [6.45, 7) is 1.54. The SMILES string of the molecule is COc1ccc(CN(Cc2ccc(OC)cc2)S(=O)(=O)c2cn[nH]c2)cc1.COc1ccc(CN(Cc2ccc(OC)cc2)S(=O)(=O)c2cnn(C3CCCCO3)c2)cc1. The summed E-state index contributed by atoms with van der Waals surface area (Å²) in [7, 11) is -1.14. The van der Waals surface area contributed by atoms with E-state index in [1.54, 1.807) is 39.3 Å². The Balaban J connectivity index is 0.000000205. The largest absolute Gasteiger partial charge is 0.497 e. The third-order valence-corrected chi connectivity index (χ3v) is 13.4. The van der Waals surface area contributed by atoms with Crippen molar-refractivity contribution in [2.75, 3.05) is 35.0 Å². The Labute approximate surface area is 351 Å². The normalized spacial score (nSPS) is 14.3. The lowest BCUT2D eigenvalue weighted by molar-refractivity contribution is -0.0396. The molecule has 0 spiro atoms. The highest BCUT2D eigenvalue weighted by molar-refractivity contribution is 7.89. The van der Waals surface area contributed by atoms with E-state index in [1.807, 2.05) is 97.1 Å². The fourth-order valence-corrected chi connectivity index (χ4v) is 9.09. The van der Waals surface area contributed by atoms with Crippen molar-refractivity contribution in [3.8, 4) is 23.0 Å². The van der Waals surface area contributed by atoms with Crippen LogP contribution in [0.15, 0.2) is 132 Å². The molecule has 318 valence electrons. The maximum atomic E-state index is 13.7. The van der Waals surface area contributed by atoms with Crippen LogP contribution in [-0.4, -0.2) is 80.5 Å². The average molecular weight is 859 g/mol. The molecular formula is C43H50N6O9S2. The van der Waals surface area contributed by atoms with Crippen molar-refractivity contribution in [2.24, 2.45) is 0 Å². The van der Waals surface area contributed by atoms with E-state index in [0.29, 0.717) is 6.61 Å². The van der Waals surface area contributed by atoms with Gasteiger partial charge in [-0.1, -0.05) is 48.5 Å². The molecule has 0 amide bonds. The first-order valence-corrected chi connectivity index (χ1v) is 22.1. The van der Waals surface area contributed by atoms with Crippen molar-refractivity contribution in [3.63, 3.8) is 0 Å². The van der Waals surface area contributed by atoms with Gasteiger partial charge in [-0.25, -0.2) is 21.5 Å². The minimum Gasteiger partial charge on any atom is -0.497 e. The zero-order valence-corrected chi connectivity index (χ0v) is 35.6. The number of nitrogens with one attached hydrogen (secondary N) is 1. The lowest BCUT2D eigenvalue weighted by Crippen LogP contribution is -2.30. The molecule has 17 heteroatoms. The second kappa shape index (κ2) is 20.5. The zero-order chi connectivity index (χ0) is 42.5. The number of aromatic nitrogens is 4. The highest BCUT2D eigenvalue weighted by Gasteiger charge is 2.29. The molecule has 1 atom stereocenters. The number of methoxy groups -OCH3 is 4. The number of nitrogens with zero attached hydrogens (tertiary/aromatic N) is 5. The van der Waals surface area contributed by atoms with E-state index in [1.165, 1.54) is 27.2 Å². The van der Waals surface area contributed by atoms with Gasteiger partial charge in [-0.05, 0) is 90.0 Å². The maximum absolute atomic E-state index is 13.7. The summed E-state index contributed by atoms with van der Waals surface area (Å²) >= 11 is 0. The fourth-order valence-electron chi connectivity index (χ4n) is 6.41. The molecule has 1 fully saturated rings. The van der Waals surface area contributed by atoms with Crippen LogP contribution < -0.4 is 18.9 Å². The lowest BCUT2D eigenvalue weighted by Gasteiger charge is -2.23. The average Bonchev–Trinajstić information content (AvgIpc) is 4.03. The van der Waals surface area contributed by atoms with E-state index in [9.17, 15) is 16.8 Å². The molecule has 60 heavy (non-hydrogen) atoms. The standard InChI is InChI=1S/C24H29N3O5S.C19H21N3O4S/c1-30-21-10-6-19(7-11-21)16-26(17-20-8-12-22(31-2)13-9-20)33(28,29)23-15-25-27(18-23)24-5-3-4-14-32-24;1-25-17-7-3-15(4-8-17)13-22(27(23,24)19-11-20-21-12-19)14-16-5-9-18(26-2)10-6-16/h6-13,15,18,24H,3-5,14,16-17H2,1-2H3;3-12H,13-14H2,1-2H3,(H,20,21). The first-order valence-electron chi connectivity index (χ1n) is 19.2. The number of hydrogen-bond acceptors (Lipinski definition) is 11. The van der Waals surface area contributed by atoms with Crippen LogP contribution >= 0.6 is 0 Å². The molecule has 15 nitrogen and oxygen atoms in total. The van der Waals surface area contributed by atoms with Crippen molar-refractivity contribution in [1.29, 1.82) is 0 Å². The summed E-state index contributed by atoms with van der Waals surface area (Å²) in [4.78, 5) is 0.281. The third-order valence-electron chi connectivity index (χ3n) is 9.85. The van der Waals surface area contributed by atoms with Gasteiger partial charge >= 0.3 is 0 Å². The van der Waals surface area contributed by atoms with Crippen molar-refractivity contribution >= 4 is 20.0 Å². The monoisotopic (exact) mass is 858 g/mol. The molecule has 1 aliphatic heterocycles. The minimum atomic E-state index is -3.81. The van der Waals surface area contributed by atoms with Crippen molar-refractivity contribution in [2.45, 2.75) is 61.5 Å². The highest BCUT2D eigenvalue weighted by Crippen LogP contribution is 2.27. The Morgan fingerprint density at radius 2 is 1.00 bits per heavy atom. The quantitative estimate of drug-likeness (QED) is 0.102. The fraction of sp³-hybridized carbons (Fsp3) is 0.302. The van der Waals surface area contributed by atoms with Crippen LogP contribution in [0.1, 0.15) is 47.7 Å². The predicted octanol–water partition coefficient (Wildman–Crippen LogP) is 6.81. The molecular weight excluding hydrogens is 809 g/mol. The summed E-state index contributed by atoms with van der Waals surface area (Å²) in [5.74, 6) is 2.88. The van der Waals surface area contributed by atoms with Gasteiger partial charge in [-0.15, -0.1) is 0 Å². The van der Waals surface area contributed by atoms with Gasteiger partial charge < -0.3 is 23.7 Å². The molecule has 1 aliphatic rings. The van der Waals surface area contributed by atoms with Gasteiger partial charge in [-0.3, -0.25) is 5.10 Å². The number of benzene rings is 4. The molecule has 4 aromatic carbocycles. The molecule has 6 aromatic rings. The van der Waals surface area contributed by atoms with Crippen LogP contribution in [0.4, 0.5) is 0 Å². The Morgan fingerprint density at radius 1 is 0.600 bits per heavy atom. The van der Waals surface area contributed by atoms with Gasteiger partial charge in [0.2, 0.25) is 20.0 Å². The number of hydrogen-bond donors (Lipinski definition) is 1. The molecule has 3 heterocycles. The predicted molar refractivity (Wildman–Crippen MR) is 224 cm³/mol. The van der Waals surface area contributed by atoms with E-state index < -0.39 is 20.0 Å². The van der Waals surface area contributed by atoms with Crippen LogP contribution in [0, 0.1) is 0 Å². The molecule has 1 unspecified atom stereocenters. The Bertz CT molecular complexity index is 2340. The van der Waals surface area contributed by atoms with E-state index in [2.05, 4.69) is 15.3 Å². The minimum absolute atomic E-state index is 0.129. The summed E-state index contributed by atoms with van der Waals surface area (Å²) in [6, 6.07) is 29.4. The summed E-state index contributed by atoms with van der Waals surface area (Å²) < 4.78 is 84.5. The molecule has 2 aromatic heterocycles. The Kier molecular flexibility index (Phi) is 15.0. The molecule has 7 rings (SSSR count). The topological polar surface area (TPSA) is 167 Å². The van der Waals surface area contributed by atoms with Crippen LogP contribution in [-0.2, 0) is 51.0 Å². The van der Waals surface area contributed by atoms with Gasteiger partial charge in [0.1, 0.15) is 39.0 Å². The van der Waals surface area contributed by atoms with Crippen molar-refractivity contribution < 1.29 is 40.5 Å². The van der Waals surface area contributed by atoms with Gasteiger partial charge in [0, 0.05) is 45.2 Å². The van der Waals surface area contributed by atoms with Crippen LogP contribution in [0.5, 0.6) is 23.0 Å². The van der Waals surface area contributed by atoms with Crippen LogP contribution in [0.2, 0.25) is 0 Å². The molecule has 1 N–H and O–H groups in total. The summed E-state index contributed by atoms with van der Waals surface area (Å²) in [5, 5.41) is 10.6. The van der Waals surface area contributed by atoms with Gasteiger partial charge in [0.25, 0.3) is 0 Å². The Morgan fingerprint density at radius 3 is 1.33 bits per heavy atom. The number of ether oxygens (including phenoxy) is 5. The van der Waals surface area contributed by atoms with E-state index in [4.69, 9.17) is 23.7 Å². The Hall–Kier alpha value is -5.72. The van der Waals surface area contributed by atoms with Gasteiger partial charge in [0.05, 0.1) is 40.8 Å². The zero-order valence-electron chi connectivity index (χ0n) is 34.0. The smallest absolute Gasteiger partial charge is 0.246 e. The van der Waals surface area contributed by atoms with Crippen molar-refractivity contribution in [3.05, 3.63) is 144 Å². The van der Waals surface area contributed by atoms with Gasteiger partial charge in [-0.2, -0.15) is 18.8 Å². The highest BCUT2D eigenvalue weighted by atomic mass is 32.2. The molecule has 1 saturated heterocycles. The molecule has 0 aliphatic carbocycles. The number of sulfonamides is 2. The second-order valence-electron chi connectivity index (χ2n) is 13.8. The van der Waals surface area contributed by atoms with Crippen LogP contribution in [0.25, 0.3) is 0 Å². The van der Waals surface area contributed by atoms with Gasteiger partial charge in [0.15, 0.2) is 0 Å². The first-order chi connectivity index (χ1) is 29.0. The molecule has 0 radical (unpaired) electrons. The number of aromatic amines is 1. The number of rotatable bonds is 17. The van der Waals surface area contributed by atoms with E-state index >= 15 is 0 Å². The van der Waals surface area contributed by atoms with Crippen LogP contribution in [0.3, 0.4) is 0 Å². The first kappa shape index (κ1) is 43.8. The maximum Gasteiger partial charge on any atom is 0.246 e. The molecule has 0 saturated carbocycles. The lowest BCUT2D eigenvalue weighted by atomic mass is 10.2. The summed E-state index contributed by atoms with van der Waals surface area (Å²) in [6.07, 6.45) is 8.31. The number of H-pyrrole nitrogens is 1. The van der Waals surface area contributed by atoms with E-state index in [-0.39, 0.29) is 42.2 Å². The summed E-state index contributed by atoms with van der Waals surface area (Å²) in [5.41, 5.74) is 3.43. The van der Waals surface area contributed by atoms with Crippen molar-refractivity contribution in [1.82, 2.24) is 28.6 Å². The molecule has 0 bridgehead atoms. The second-order valence-corrected chi connectivity index (χ2v) is 17.7. The third kappa shape index (κ3) is 11.3.